The number of pyridine rings is 1. The molecule has 2 aromatic carbocycles. The van der Waals surface area contributed by atoms with E-state index in [2.05, 4.69) is 10.3 Å². The molecule has 29 heavy (non-hydrogen) atoms. The number of amides is 3. The van der Waals surface area contributed by atoms with Crippen LogP contribution in [-0.4, -0.2) is 39.8 Å². The molecule has 0 saturated carbocycles. The topological polar surface area (TPSA) is 65.5 Å². The maximum atomic E-state index is 13.3. The van der Waals surface area contributed by atoms with Crippen molar-refractivity contribution in [2.45, 2.75) is 5.66 Å². The lowest BCUT2D eigenvalue weighted by Gasteiger charge is -2.40. The van der Waals surface area contributed by atoms with Crippen LogP contribution in [0.1, 0.15) is 21.5 Å². The van der Waals surface area contributed by atoms with Crippen LogP contribution in [0.3, 0.4) is 0 Å². The molecule has 1 fully saturated rings. The minimum atomic E-state index is -1.05. The van der Waals surface area contributed by atoms with Crippen molar-refractivity contribution in [2.24, 2.45) is 0 Å². The van der Waals surface area contributed by atoms with Crippen molar-refractivity contribution in [1.29, 1.82) is 0 Å². The standard InChI is InChI=1S/C22H17ClN4O2/c23-16-8-6-15(7-9-16)22-19-14-24-11-10-18(19)20(28)26(22)12-13-27(22)21(29)25-17-4-2-1-3-5-17/h1-11,14H,12-13H2,(H,25,29). The van der Waals surface area contributed by atoms with Crippen LogP contribution in [0.25, 0.3) is 0 Å². The maximum Gasteiger partial charge on any atom is 0.324 e. The molecule has 1 N–H and O–H groups in total. The van der Waals surface area contributed by atoms with E-state index in [1.807, 2.05) is 42.5 Å². The fraction of sp³-hybridized carbons (Fsp3) is 0.136. The molecule has 3 heterocycles. The Morgan fingerprint density at radius 3 is 2.55 bits per heavy atom. The Balaban J connectivity index is 1.67. The number of fused-ring (bicyclic) bond motifs is 3. The van der Waals surface area contributed by atoms with Crippen molar-refractivity contribution in [1.82, 2.24) is 14.8 Å². The first-order valence-corrected chi connectivity index (χ1v) is 9.66. The molecule has 3 amide bonds. The number of halogens is 1. The van der Waals surface area contributed by atoms with Crippen LogP contribution in [-0.2, 0) is 5.66 Å². The van der Waals surface area contributed by atoms with Crippen LogP contribution in [0.5, 0.6) is 0 Å². The second-order valence-electron chi connectivity index (χ2n) is 7.00. The molecule has 144 valence electrons. The van der Waals surface area contributed by atoms with Gasteiger partial charge in [0.2, 0.25) is 0 Å². The zero-order valence-electron chi connectivity index (χ0n) is 15.4. The normalized spacial score (nSPS) is 19.8. The van der Waals surface area contributed by atoms with Gasteiger partial charge in [-0.25, -0.2) is 4.79 Å². The summed E-state index contributed by atoms with van der Waals surface area (Å²) in [5, 5.41) is 3.54. The Hall–Kier alpha value is -3.38. The summed E-state index contributed by atoms with van der Waals surface area (Å²) in [5.74, 6) is -0.104. The lowest BCUT2D eigenvalue weighted by molar-refractivity contribution is 0.0559. The monoisotopic (exact) mass is 404 g/mol. The number of carbonyl (C=O) groups excluding carboxylic acids is 2. The van der Waals surface area contributed by atoms with Crippen molar-refractivity contribution in [3.63, 3.8) is 0 Å². The largest absolute Gasteiger partial charge is 0.324 e. The molecule has 3 aromatic rings. The molecule has 0 aliphatic carbocycles. The van der Waals surface area contributed by atoms with Gasteiger partial charge in [0.05, 0.1) is 5.56 Å². The van der Waals surface area contributed by atoms with Gasteiger partial charge >= 0.3 is 6.03 Å². The summed E-state index contributed by atoms with van der Waals surface area (Å²) >= 11 is 6.11. The lowest BCUT2D eigenvalue weighted by Crippen LogP contribution is -2.52. The number of benzene rings is 2. The predicted molar refractivity (Wildman–Crippen MR) is 110 cm³/mol. The number of anilines is 1. The summed E-state index contributed by atoms with van der Waals surface area (Å²) < 4.78 is 0. The average Bonchev–Trinajstić information content (AvgIpc) is 3.25. The number of aromatic nitrogens is 1. The number of urea groups is 1. The highest BCUT2D eigenvalue weighted by Crippen LogP contribution is 2.49. The van der Waals surface area contributed by atoms with Gasteiger partial charge in [-0.05, 0) is 30.3 Å². The van der Waals surface area contributed by atoms with E-state index < -0.39 is 5.66 Å². The molecular weight excluding hydrogens is 388 g/mol. The molecule has 6 nitrogen and oxygen atoms in total. The van der Waals surface area contributed by atoms with E-state index in [-0.39, 0.29) is 11.9 Å². The molecule has 1 saturated heterocycles. The van der Waals surface area contributed by atoms with Gasteiger partial charge < -0.3 is 10.2 Å². The van der Waals surface area contributed by atoms with Crippen LogP contribution in [0.15, 0.2) is 73.1 Å². The van der Waals surface area contributed by atoms with Crippen LogP contribution in [0.4, 0.5) is 10.5 Å². The van der Waals surface area contributed by atoms with Gasteiger partial charge in [0, 0.05) is 47.3 Å². The van der Waals surface area contributed by atoms with Crippen LogP contribution < -0.4 is 5.32 Å². The zero-order valence-corrected chi connectivity index (χ0v) is 16.1. The van der Waals surface area contributed by atoms with Gasteiger partial charge in [-0.2, -0.15) is 0 Å². The second kappa shape index (κ2) is 6.60. The molecule has 1 atom stereocenters. The molecule has 5 rings (SSSR count). The van der Waals surface area contributed by atoms with Gasteiger partial charge in [0.15, 0.2) is 5.66 Å². The van der Waals surface area contributed by atoms with Gasteiger partial charge in [-0.15, -0.1) is 0 Å². The van der Waals surface area contributed by atoms with E-state index in [0.29, 0.717) is 34.9 Å². The third kappa shape index (κ3) is 2.53. The third-order valence-electron chi connectivity index (χ3n) is 5.52. The van der Waals surface area contributed by atoms with Crippen LogP contribution in [0, 0.1) is 0 Å². The highest BCUT2D eigenvalue weighted by molar-refractivity contribution is 6.30. The van der Waals surface area contributed by atoms with E-state index in [0.717, 1.165) is 5.56 Å². The summed E-state index contributed by atoms with van der Waals surface area (Å²) in [7, 11) is 0. The molecule has 2 aliphatic heterocycles. The number of nitrogens with zero attached hydrogens (tertiary/aromatic N) is 3. The Bertz CT molecular complexity index is 1100. The smallest absolute Gasteiger partial charge is 0.308 e. The minimum Gasteiger partial charge on any atom is -0.308 e. The summed E-state index contributed by atoms with van der Waals surface area (Å²) in [5.41, 5.74) is 1.70. The van der Waals surface area contributed by atoms with Gasteiger partial charge in [0.1, 0.15) is 0 Å². The highest BCUT2D eigenvalue weighted by atomic mass is 35.5. The molecular formula is C22H17ClN4O2. The third-order valence-corrected chi connectivity index (χ3v) is 5.77. The number of hydrogen-bond acceptors (Lipinski definition) is 3. The average molecular weight is 405 g/mol. The Labute approximate surface area is 172 Å². The number of rotatable bonds is 2. The van der Waals surface area contributed by atoms with Gasteiger partial charge in [-0.3, -0.25) is 14.7 Å². The molecule has 0 bridgehead atoms. The first-order valence-electron chi connectivity index (χ1n) is 9.28. The fourth-order valence-electron chi connectivity index (χ4n) is 4.32. The van der Waals surface area contributed by atoms with Crippen molar-refractivity contribution in [2.75, 3.05) is 18.4 Å². The molecule has 1 unspecified atom stereocenters. The van der Waals surface area contributed by atoms with Gasteiger partial charge in [-0.1, -0.05) is 41.9 Å². The second-order valence-corrected chi connectivity index (χ2v) is 7.44. The first-order chi connectivity index (χ1) is 14.1. The maximum absolute atomic E-state index is 13.3. The Morgan fingerprint density at radius 1 is 1.03 bits per heavy atom. The van der Waals surface area contributed by atoms with Crippen LogP contribution in [0.2, 0.25) is 5.02 Å². The number of para-hydroxylation sites is 1. The highest BCUT2D eigenvalue weighted by Gasteiger charge is 2.59. The first kappa shape index (κ1) is 17.7. The fourth-order valence-corrected chi connectivity index (χ4v) is 4.45. The molecule has 1 aromatic heterocycles. The number of hydrogen-bond donors (Lipinski definition) is 1. The van der Waals surface area contributed by atoms with Gasteiger partial charge in [0.25, 0.3) is 5.91 Å². The number of carbonyl (C=O) groups is 2. The van der Waals surface area contributed by atoms with E-state index in [1.165, 1.54) is 0 Å². The SMILES string of the molecule is O=C(Nc1ccccc1)N1CCN2C(=O)c3ccncc3C12c1ccc(Cl)cc1. The van der Waals surface area contributed by atoms with E-state index >= 15 is 0 Å². The molecule has 0 radical (unpaired) electrons. The molecule has 7 heteroatoms. The Morgan fingerprint density at radius 2 is 1.79 bits per heavy atom. The summed E-state index contributed by atoms with van der Waals surface area (Å²) in [6, 6.07) is 18.0. The summed E-state index contributed by atoms with van der Waals surface area (Å²) in [6.45, 7) is 0.833. The van der Waals surface area contributed by atoms with E-state index in [9.17, 15) is 9.59 Å². The quantitative estimate of drug-likeness (QED) is 0.703. The predicted octanol–water partition coefficient (Wildman–Crippen LogP) is 3.94. The lowest BCUT2D eigenvalue weighted by atomic mass is 9.91. The van der Waals surface area contributed by atoms with Crippen molar-refractivity contribution in [3.8, 4) is 0 Å². The Kier molecular flexibility index (Phi) is 4.03. The zero-order chi connectivity index (χ0) is 20.0. The van der Waals surface area contributed by atoms with E-state index in [1.54, 1.807) is 40.4 Å². The van der Waals surface area contributed by atoms with Crippen molar-refractivity contribution < 1.29 is 9.59 Å². The van der Waals surface area contributed by atoms with Crippen LogP contribution >= 0.6 is 11.6 Å². The van der Waals surface area contributed by atoms with Crippen molar-refractivity contribution in [3.05, 3.63) is 94.8 Å². The molecule has 2 aliphatic rings. The summed E-state index contributed by atoms with van der Waals surface area (Å²) in [6.07, 6.45) is 3.28. The number of nitrogens with one attached hydrogen (secondary N) is 1. The van der Waals surface area contributed by atoms with Crippen molar-refractivity contribution >= 4 is 29.2 Å². The summed E-state index contributed by atoms with van der Waals surface area (Å²) in [4.78, 5) is 34.2. The van der Waals surface area contributed by atoms with E-state index in [4.69, 9.17) is 11.6 Å². The minimum absolute atomic E-state index is 0.104. The molecule has 0 spiro atoms.